The molecule has 0 bridgehead atoms. The number of carbonyl (C=O) groups excluding carboxylic acids is 1. The normalized spacial score (nSPS) is 13.2. The number of hydroxylamine groups is 1. The predicted molar refractivity (Wildman–Crippen MR) is 79.9 cm³/mol. The summed E-state index contributed by atoms with van der Waals surface area (Å²) in [4.78, 5) is 30.3. The second-order valence-corrected chi connectivity index (χ2v) is 4.50. The minimum atomic E-state index is -0.109. The Morgan fingerprint density at radius 2 is 1.91 bits per heavy atom. The summed E-state index contributed by atoms with van der Waals surface area (Å²) in [6.45, 7) is 0. The van der Waals surface area contributed by atoms with Gasteiger partial charge < -0.3 is 9.25 Å². The lowest BCUT2D eigenvalue weighted by molar-refractivity contribution is -0.130. The van der Waals surface area contributed by atoms with Gasteiger partial charge in [-0.3, -0.25) is 9.59 Å². The Bertz CT molecular complexity index is 869. The van der Waals surface area contributed by atoms with E-state index in [1.54, 1.807) is 18.2 Å². The van der Waals surface area contributed by atoms with Crippen LogP contribution in [0.25, 0.3) is 22.6 Å². The van der Waals surface area contributed by atoms with Gasteiger partial charge in [-0.05, 0) is 30.3 Å². The van der Waals surface area contributed by atoms with E-state index < -0.39 is 0 Å². The largest absolute Gasteiger partial charge is 0.453 e. The standard InChI is InChI=1S/C12H7NO2.C4H5NO2/c14-9-5-3-7-11-12(9)13-8-4-1-2-6-10(8)15-11;6-4-2-1-3-7-5-4/h1-7H;1,3H,2H2,(H,5,6). The average Bonchev–Trinajstić information content (AvgIpc) is 2.55. The van der Waals surface area contributed by atoms with Crippen LogP contribution in [0.5, 0.6) is 0 Å². The minimum absolute atomic E-state index is 0.0949. The van der Waals surface area contributed by atoms with Gasteiger partial charge in [-0.2, -0.15) is 5.48 Å². The van der Waals surface area contributed by atoms with Crippen LogP contribution in [0.2, 0.25) is 0 Å². The molecule has 2 aliphatic heterocycles. The Hall–Kier alpha value is -3.15. The highest BCUT2D eigenvalue weighted by Gasteiger charge is 2.10. The van der Waals surface area contributed by atoms with Gasteiger partial charge in [0, 0.05) is 0 Å². The zero-order valence-electron chi connectivity index (χ0n) is 11.5. The molecule has 0 spiro atoms. The summed E-state index contributed by atoms with van der Waals surface area (Å²) in [5.74, 6) is 0.434. The molecule has 1 N–H and O–H groups in total. The number of nitrogens with zero attached hydrogens (tertiary/aromatic N) is 1. The zero-order valence-corrected chi connectivity index (χ0v) is 11.5. The molecular formula is C16H12N2O4. The first-order valence-corrected chi connectivity index (χ1v) is 6.62. The summed E-state index contributed by atoms with van der Waals surface area (Å²) in [6, 6.07) is 12.3. The topological polar surface area (TPSA) is 81.4 Å². The molecule has 0 saturated heterocycles. The van der Waals surface area contributed by atoms with Gasteiger partial charge in [0.2, 0.25) is 5.43 Å². The molecule has 0 radical (unpaired) electrons. The van der Waals surface area contributed by atoms with Crippen molar-refractivity contribution in [2.75, 3.05) is 0 Å². The lowest BCUT2D eigenvalue weighted by Gasteiger charge is -2.03. The van der Waals surface area contributed by atoms with Gasteiger partial charge in [0.1, 0.15) is 11.8 Å². The summed E-state index contributed by atoms with van der Waals surface area (Å²) < 4.78 is 5.56. The summed E-state index contributed by atoms with van der Waals surface area (Å²) in [7, 11) is 0. The molecule has 2 heterocycles. The average molecular weight is 296 g/mol. The smallest absolute Gasteiger partial charge is 0.256 e. The maximum atomic E-state index is 11.5. The van der Waals surface area contributed by atoms with Gasteiger partial charge in [0.25, 0.3) is 5.91 Å². The molecule has 0 aromatic heterocycles. The van der Waals surface area contributed by atoms with Crippen molar-refractivity contribution in [2.24, 2.45) is 0 Å². The summed E-state index contributed by atoms with van der Waals surface area (Å²) in [5, 5.41) is 0. The van der Waals surface area contributed by atoms with Crippen molar-refractivity contribution in [2.45, 2.75) is 6.42 Å². The van der Waals surface area contributed by atoms with Crippen molar-refractivity contribution < 1.29 is 14.0 Å². The number of aromatic nitrogens is 1. The van der Waals surface area contributed by atoms with E-state index in [9.17, 15) is 9.59 Å². The number of rotatable bonds is 0. The van der Waals surface area contributed by atoms with Crippen molar-refractivity contribution in [1.82, 2.24) is 10.5 Å². The van der Waals surface area contributed by atoms with Crippen LogP contribution >= 0.6 is 0 Å². The van der Waals surface area contributed by atoms with Gasteiger partial charge in [-0.1, -0.05) is 18.2 Å². The van der Waals surface area contributed by atoms with Crippen LogP contribution in [0.1, 0.15) is 6.42 Å². The van der Waals surface area contributed by atoms with E-state index in [1.807, 2.05) is 24.3 Å². The van der Waals surface area contributed by atoms with Gasteiger partial charge in [-0.15, -0.1) is 0 Å². The van der Waals surface area contributed by atoms with Crippen LogP contribution in [0.3, 0.4) is 0 Å². The van der Waals surface area contributed by atoms with E-state index in [4.69, 9.17) is 4.42 Å². The molecule has 1 aromatic carbocycles. The van der Waals surface area contributed by atoms with Crippen molar-refractivity contribution in [3.05, 3.63) is 65.0 Å². The zero-order chi connectivity index (χ0) is 15.4. The Morgan fingerprint density at radius 1 is 1.05 bits per heavy atom. The summed E-state index contributed by atoms with van der Waals surface area (Å²) in [6.07, 6.45) is 3.53. The van der Waals surface area contributed by atoms with Crippen molar-refractivity contribution in [3.8, 4) is 11.5 Å². The molecule has 3 aliphatic rings. The Balaban J connectivity index is 0.000000174. The fraction of sp³-hybridized carbons (Fsp3) is 0.0625. The molecule has 1 amide bonds. The highest BCUT2D eigenvalue weighted by Crippen LogP contribution is 2.21. The van der Waals surface area contributed by atoms with Crippen LogP contribution in [0.15, 0.2) is 64.0 Å². The lowest BCUT2D eigenvalue weighted by Crippen LogP contribution is -2.22. The molecule has 0 fully saturated rings. The van der Waals surface area contributed by atoms with Crippen molar-refractivity contribution in [3.63, 3.8) is 0 Å². The molecule has 22 heavy (non-hydrogen) atoms. The Morgan fingerprint density at radius 3 is 2.64 bits per heavy atom. The third kappa shape index (κ3) is 2.95. The van der Waals surface area contributed by atoms with Crippen LogP contribution < -0.4 is 10.9 Å². The fourth-order valence-corrected chi connectivity index (χ4v) is 1.91. The van der Waals surface area contributed by atoms with Gasteiger partial charge in [0.15, 0.2) is 17.0 Å². The predicted octanol–water partition coefficient (Wildman–Crippen LogP) is 2.24. The first-order valence-electron chi connectivity index (χ1n) is 6.62. The quantitative estimate of drug-likeness (QED) is 0.643. The van der Waals surface area contributed by atoms with Crippen LogP contribution in [0, 0.1) is 0 Å². The fourth-order valence-electron chi connectivity index (χ4n) is 1.91. The molecule has 4 rings (SSSR count). The Labute approximate surface area is 125 Å². The molecule has 6 heteroatoms. The summed E-state index contributed by atoms with van der Waals surface area (Å²) >= 11 is 0. The highest BCUT2D eigenvalue weighted by molar-refractivity contribution is 5.77. The number of hydrogen-bond acceptors (Lipinski definition) is 5. The molecule has 0 atom stereocenters. The number of hydrogen-bond donors (Lipinski definition) is 1. The van der Waals surface area contributed by atoms with Gasteiger partial charge >= 0.3 is 0 Å². The molecule has 110 valence electrons. The molecule has 0 saturated carbocycles. The number of benzene rings is 2. The van der Waals surface area contributed by atoms with E-state index in [-0.39, 0.29) is 11.3 Å². The Kier molecular flexibility index (Phi) is 3.82. The maximum absolute atomic E-state index is 11.5. The SMILES string of the molecule is O=C1CC=CON1.O=c1cccc2oc3ccccc3nc1-2. The minimum Gasteiger partial charge on any atom is -0.453 e. The van der Waals surface area contributed by atoms with Crippen molar-refractivity contribution in [1.29, 1.82) is 0 Å². The third-order valence-electron chi connectivity index (χ3n) is 2.92. The van der Waals surface area contributed by atoms with E-state index in [0.29, 0.717) is 29.0 Å². The number of amides is 1. The van der Waals surface area contributed by atoms with Gasteiger partial charge in [0.05, 0.1) is 6.42 Å². The molecule has 6 nitrogen and oxygen atoms in total. The first-order chi connectivity index (χ1) is 10.7. The van der Waals surface area contributed by atoms with Crippen molar-refractivity contribution >= 4 is 17.0 Å². The maximum Gasteiger partial charge on any atom is 0.256 e. The summed E-state index contributed by atoms with van der Waals surface area (Å²) in [5.41, 5.74) is 3.82. The van der Waals surface area contributed by atoms with Gasteiger partial charge in [-0.25, -0.2) is 4.98 Å². The highest BCUT2D eigenvalue weighted by atomic mass is 16.6. The molecule has 1 aliphatic carbocycles. The number of nitrogens with one attached hydrogen (secondary N) is 1. The van der Waals surface area contributed by atoms with E-state index in [1.165, 1.54) is 12.3 Å². The van der Waals surface area contributed by atoms with Crippen LogP contribution in [-0.2, 0) is 9.63 Å². The molecule has 1 aromatic rings. The molecular weight excluding hydrogens is 284 g/mol. The van der Waals surface area contributed by atoms with E-state index in [0.717, 1.165) is 0 Å². The first kappa shape index (κ1) is 13.8. The third-order valence-corrected chi connectivity index (χ3v) is 2.92. The monoisotopic (exact) mass is 296 g/mol. The van der Waals surface area contributed by atoms with E-state index >= 15 is 0 Å². The molecule has 0 unspecified atom stereocenters. The van der Waals surface area contributed by atoms with Crippen LogP contribution in [0.4, 0.5) is 0 Å². The van der Waals surface area contributed by atoms with Crippen LogP contribution in [-0.4, -0.2) is 10.9 Å². The lowest BCUT2D eigenvalue weighted by atomic mass is 10.2. The number of para-hydroxylation sites is 3. The second kappa shape index (κ2) is 6.09. The van der Waals surface area contributed by atoms with E-state index in [2.05, 4.69) is 15.3 Å². The number of fused-ring (bicyclic) bond motifs is 2. The number of carbonyl (C=O) groups is 1. The second-order valence-electron chi connectivity index (χ2n) is 4.50.